The number of H-pyrrole nitrogens is 1. The minimum atomic E-state index is 0.455. The van der Waals surface area contributed by atoms with Crippen LogP contribution in [-0.2, 0) is 4.74 Å². The first-order chi connectivity index (χ1) is 6.76. The van der Waals surface area contributed by atoms with Gasteiger partial charge in [-0.2, -0.15) is 0 Å². The fraction of sp³-hybridized carbons (Fsp3) is 0.300. The summed E-state index contributed by atoms with van der Waals surface area (Å²) in [5.74, 6) is 0. The van der Waals surface area contributed by atoms with Crippen LogP contribution in [-0.4, -0.2) is 24.4 Å². The maximum Gasteiger partial charge on any atom is 0.0732 e. The first kappa shape index (κ1) is 11.0. The number of aromatic nitrogens is 1. The number of halogens is 1. The molecule has 0 aromatic carbocycles. The molecule has 3 nitrogen and oxygen atoms in total. The Bertz CT molecular complexity index is 331. The monoisotopic (exact) mass is 212 g/mol. The Hall–Kier alpha value is -1.06. The third-order valence-corrected chi connectivity index (χ3v) is 1.89. The van der Waals surface area contributed by atoms with E-state index in [0.717, 1.165) is 11.3 Å². The zero-order valence-corrected chi connectivity index (χ0v) is 8.77. The van der Waals surface area contributed by atoms with E-state index in [0.29, 0.717) is 18.2 Å². The van der Waals surface area contributed by atoms with Gasteiger partial charge in [0.15, 0.2) is 0 Å². The first-order valence-electron chi connectivity index (χ1n) is 4.39. The summed E-state index contributed by atoms with van der Waals surface area (Å²) in [6.07, 6.45) is 4.83. The van der Waals surface area contributed by atoms with E-state index in [1.807, 2.05) is 13.0 Å². The van der Waals surface area contributed by atoms with Gasteiger partial charge >= 0.3 is 0 Å². The minimum absolute atomic E-state index is 0.455. The van der Waals surface area contributed by atoms with E-state index in [-0.39, 0.29) is 0 Å². The average molecular weight is 213 g/mol. The second-order valence-corrected chi connectivity index (χ2v) is 3.21. The molecule has 76 valence electrons. The molecule has 0 amide bonds. The van der Waals surface area contributed by atoms with Gasteiger partial charge in [0, 0.05) is 24.7 Å². The lowest BCUT2D eigenvalue weighted by atomic mass is 10.2. The molecular weight excluding hydrogens is 200 g/mol. The Morgan fingerprint density at radius 3 is 3.00 bits per heavy atom. The standard InChI is InChI=1S/C10H13ClN2O/c1-2-14-7-8(5-12)3-10-4-9(11)6-13-10/h3-6,12-13H,2,7H2,1H3/b8-3+,12-5?. The van der Waals surface area contributed by atoms with Crippen LogP contribution in [0.1, 0.15) is 12.6 Å². The quantitative estimate of drug-likeness (QED) is 0.725. The van der Waals surface area contributed by atoms with Crippen molar-refractivity contribution in [3.05, 3.63) is 28.6 Å². The Labute approximate surface area is 88.2 Å². The summed E-state index contributed by atoms with van der Waals surface area (Å²) in [4.78, 5) is 2.98. The van der Waals surface area contributed by atoms with Crippen LogP contribution >= 0.6 is 11.6 Å². The highest BCUT2D eigenvalue weighted by Crippen LogP contribution is 2.12. The van der Waals surface area contributed by atoms with E-state index < -0.39 is 0 Å². The SMILES string of the molecule is CCOC/C(C=N)=C/c1cc(Cl)c[nH]1. The number of aromatic amines is 1. The van der Waals surface area contributed by atoms with Crippen LogP contribution in [0.2, 0.25) is 5.02 Å². The van der Waals surface area contributed by atoms with Crippen molar-refractivity contribution in [3.8, 4) is 0 Å². The molecule has 0 fully saturated rings. The molecule has 0 saturated heterocycles. The summed E-state index contributed by atoms with van der Waals surface area (Å²) >= 11 is 5.74. The van der Waals surface area contributed by atoms with Crippen molar-refractivity contribution in [2.45, 2.75) is 6.92 Å². The molecule has 0 radical (unpaired) electrons. The van der Waals surface area contributed by atoms with Crippen LogP contribution in [0.5, 0.6) is 0 Å². The van der Waals surface area contributed by atoms with Crippen molar-refractivity contribution < 1.29 is 4.74 Å². The summed E-state index contributed by atoms with van der Waals surface area (Å²) < 4.78 is 5.20. The van der Waals surface area contributed by atoms with E-state index >= 15 is 0 Å². The molecule has 0 bridgehead atoms. The molecule has 0 unspecified atom stereocenters. The zero-order chi connectivity index (χ0) is 10.4. The predicted molar refractivity (Wildman–Crippen MR) is 59.1 cm³/mol. The topological polar surface area (TPSA) is 48.9 Å². The molecule has 1 aromatic heterocycles. The average Bonchev–Trinajstić information content (AvgIpc) is 2.58. The first-order valence-corrected chi connectivity index (χ1v) is 4.76. The Balaban J connectivity index is 2.68. The molecule has 4 heteroatoms. The van der Waals surface area contributed by atoms with Gasteiger partial charge in [0.1, 0.15) is 0 Å². The largest absolute Gasteiger partial charge is 0.377 e. The predicted octanol–water partition coefficient (Wildman–Crippen LogP) is 2.74. The highest BCUT2D eigenvalue weighted by atomic mass is 35.5. The Morgan fingerprint density at radius 2 is 2.50 bits per heavy atom. The molecule has 2 N–H and O–H groups in total. The maximum atomic E-state index is 7.17. The van der Waals surface area contributed by atoms with Gasteiger partial charge in [0.2, 0.25) is 0 Å². The van der Waals surface area contributed by atoms with E-state index in [1.165, 1.54) is 6.21 Å². The highest BCUT2D eigenvalue weighted by Gasteiger charge is 1.96. The summed E-state index contributed by atoms with van der Waals surface area (Å²) in [6, 6.07) is 1.80. The lowest BCUT2D eigenvalue weighted by Crippen LogP contribution is -1.98. The lowest BCUT2D eigenvalue weighted by molar-refractivity contribution is 0.175. The second kappa shape index (κ2) is 5.62. The minimum Gasteiger partial charge on any atom is -0.377 e. The molecule has 14 heavy (non-hydrogen) atoms. The molecule has 0 spiro atoms. The van der Waals surface area contributed by atoms with Gasteiger partial charge in [-0.05, 0) is 24.6 Å². The molecule has 0 aliphatic rings. The van der Waals surface area contributed by atoms with Gasteiger partial charge in [-0.1, -0.05) is 11.6 Å². The van der Waals surface area contributed by atoms with Crippen molar-refractivity contribution in [3.63, 3.8) is 0 Å². The van der Waals surface area contributed by atoms with E-state index in [2.05, 4.69) is 4.98 Å². The van der Waals surface area contributed by atoms with Gasteiger partial charge in [-0.25, -0.2) is 0 Å². The third kappa shape index (κ3) is 3.36. The lowest BCUT2D eigenvalue weighted by Gasteiger charge is -2.00. The summed E-state index contributed by atoms with van der Waals surface area (Å²) in [5, 5.41) is 7.84. The molecule has 1 heterocycles. The van der Waals surface area contributed by atoms with Crippen LogP contribution in [0.15, 0.2) is 17.8 Å². The maximum absolute atomic E-state index is 7.17. The third-order valence-electron chi connectivity index (χ3n) is 1.67. The molecule has 0 aliphatic carbocycles. The van der Waals surface area contributed by atoms with Crippen LogP contribution < -0.4 is 0 Å². The van der Waals surface area contributed by atoms with Crippen molar-refractivity contribution in [1.82, 2.24) is 4.98 Å². The molecule has 0 aliphatic heterocycles. The highest BCUT2D eigenvalue weighted by molar-refractivity contribution is 6.30. The molecule has 0 saturated carbocycles. The van der Waals surface area contributed by atoms with Crippen LogP contribution in [0.25, 0.3) is 6.08 Å². The number of rotatable bonds is 5. The van der Waals surface area contributed by atoms with E-state index in [1.54, 1.807) is 12.3 Å². The Morgan fingerprint density at radius 1 is 1.71 bits per heavy atom. The van der Waals surface area contributed by atoms with Gasteiger partial charge in [-0.3, -0.25) is 0 Å². The Kier molecular flexibility index (Phi) is 4.43. The summed E-state index contributed by atoms with van der Waals surface area (Å²) in [7, 11) is 0. The van der Waals surface area contributed by atoms with Crippen LogP contribution in [0, 0.1) is 5.41 Å². The van der Waals surface area contributed by atoms with E-state index in [9.17, 15) is 0 Å². The number of ether oxygens (including phenoxy) is 1. The molecule has 1 rings (SSSR count). The van der Waals surface area contributed by atoms with Crippen LogP contribution in [0.4, 0.5) is 0 Å². The van der Waals surface area contributed by atoms with Crippen molar-refractivity contribution in [1.29, 1.82) is 5.41 Å². The molecule has 0 atom stereocenters. The number of nitrogens with one attached hydrogen (secondary N) is 2. The van der Waals surface area contributed by atoms with Crippen molar-refractivity contribution in [2.24, 2.45) is 0 Å². The van der Waals surface area contributed by atoms with Crippen molar-refractivity contribution in [2.75, 3.05) is 13.2 Å². The van der Waals surface area contributed by atoms with Gasteiger partial charge in [0.05, 0.1) is 11.6 Å². The number of hydrogen-bond donors (Lipinski definition) is 2. The van der Waals surface area contributed by atoms with E-state index in [4.69, 9.17) is 21.7 Å². The molecule has 1 aromatic rings. The fourth-order valence-corrected chi connectivity index (χ4v) is 1.18. The van der Waals surface area contributed by atoms with Crippen LogP contribution in [0.3, 0.4) is 0 Å². The normalized spacial score (nSPS) is 11.7. The summed E-state index contributed by atoms with van der Waals surface area (Å²) in [5.41, 5.74) is 1.69. The van der Waals surface area contributed by atoms with Gasteiger partial charge in [0.25, 0.3) is 0 Å². The van der Waals surface area contributed by atoms with Gasteiger partial charge in [-0.15, -0.1) is 0 Å². The second-order valence-electron chi connectivity index (χ2n) is 2.77. The van der Waals surface area contributed by atoms with Crippen molar-refractivity contribution >= 4 is 23.9 Å². The smallest absolute Gasteiger partial charge is 0.0732 e. The zero-order valence-electron chi connectivity index (χ0n) is 8.01. The summed E-state index contributed by atoms with van der Waals surface area (Å²) in [6.45, 7) is 3.03. The molecular formula is C10H13ClN2O. The fourth-order valence-electron chi connectivity index (χ4n) is 1.01. The number of hydrogen-bond acceptors (Lipinski definition) is 2. The van der Waals surface area contributed by atoms with Gasteiger partial charge < -0.3 is 15.1 Å².